The molecule has 1 aromatic carbocycles. The van der Waals surface area contributed by atoms with Crippen LogP contribution in [0, 0.1) is 0 Å². The van der Waals surface area contributed by atoms with Gasteiger partial charge in [0.05, 0.1) is 0 Å². The Morgan fingerprint density at radius 3 is 2.25 bits per heavy atom. The number of anilines is 1. The highest BCUT2D eigenvalue weighted by Gasteiger charge is 2.26. The molecule has 0 saturated heterocycles. The van der Waals surface area contributed by atoms with Gasteiger partial charge in [-0.3, -0.25) is 9.69 Å². The van der Waals surface area contributed by atoms with Crippen LogP contribution in [0.4, 0.5) is 10.5 Å². The van der Waals surface area contributed by atoms with E-state index in [2.05, 4.69) is 0 Å². The summed E-state index contributed by atoms with van der Waals surface area (Å²) in [5, 5.41) is 8.99. The molecule has 0 aromatic heterocycles. The first kappa shape index (κ1) is 16.0. The molecule has 0 aliphatic carbocycles. The minimum Gasteiger partial charge on any atom is -0.480 e. The normalized spacial score (nSPS) is 11.8. The lowest BCUT2D eigenvalue weighted by atomic mass is 10.2. The highest BCUT2D eigenvalue weighted by molar-refractivity contribution is 5.93. The van der Waals surface area contributed by atoms with Crippen molar-refractivity contribution < 1.29 is 14.7 Å². The van der Waals surface area contributed by atoms with Gasteiger partial charge in [0.25, 0.3) is 0 Å². The van der Waals surface area contributed by atoms with E-state index in [1.165, 1.54) is 4.90 Å². The van der Waals surface area contributed by atoms with Crippen molar-refractivity contribution in [2.45, 2.75) is 33.2 Å². The molecular weight excluding hydrogens is 256 g/mol. The van der Waals surface area contributed by atoms with E-state index in [4.69, 9.17) is 5.11 Å². The molecule has 0 fully saturated rings. The zero-order chi connectivity index (χ0) is 15.1. The zero-order valence-corrected chi connectivity index (χ0v) is 12.2. The van der Waals surface area contributed by atoms with Crippen molar-refractivity contribution in [2.75, 3.05) is 18.0 Å². The van der Waals surface area contributed by atoms with Crippen LogP contribution in [0.25, 0.3) is 0 Å². The molecule has 0 saturated carbocycles. The Labute approximate surface area is 119 Å². The van der Waals surface area contributed by atoms with E-state index in [-0.39, 0.29) is 18.6 Å². The molecule has 2 amide bonds. The van der Waals surface area contributed by atoms with Crippen LogP contribution in [-0.4, -0.2) is 41.1 Å². The summed E-state index contributed by atoms with van der Waals surface area (Å²) in [6.07, 6.45) is 0.714. The van der Waals surface area contributed by atoms with Gasteiger partial charge in [-0.15, -0.1) is 0 Å². The van der Waals surface area contributed by atoms with Gasteiger partial charge in [-0.1, -0.05) is 25.1 Å². The average Bonchev–Trinajstić information content (AvgIpc) is 2.45. The molecular formula is C15H22N2O3. The van der Waals surface area contributed by atoms with Crippen molar-refractivity contribution in [1.29, 1.82) is 0 Å². The van der Waals surface area contributed by atoms with Crippen LogP contribution < -0.4 is 4.90 Å². The van der Waals surface area contributed by atoms with Crippen LogP contribution in [0.5, 0.6) is 0 Å². The number of carbonyl (C=O) groups excluding carboxylic acids is 1. The quantitative estimate of drug-likeness (QED) is 0.870. The van der Waals surface area contributed by atoms with Crippen LogP contribution in [0.3, 0.4) is 0 Å². The summed E-state index contributed by atoms with van der Waals surface area (Å²) in [4.78, 5) is 26.6. The number of carboxylic acids is 1. The number of benzene rings is 1. The second kappa shape index (κ2) is 7.53. The standard InChI is InChI=1S/C15H22N2O3/c1-4-12(3)17(11-14(18)19)15(20)16(5-2)13-9-7-6-8-10-13/h6-10,12H,4-5,11H2,1-3H3,(H,18,19). The molecule has 1 N–H and O–H groups in total. The molecule has 0 aliphatic rings. The first-order valence-corrected chi connectivity index (χ1v) is 6.86. The van der Waals surface area contributed by atoms with Gasteiger partial charge >= 0.3 is 12.0 Å². The average molecular weight is 278 g/mol. The van der Waals surface area contributed by atoms with Crippen LogP contribution in [0.2, 0.25) is 0 Å². The first-order chi connectivity index (χ1) is 9.51. The van der Waals surface area contributed by atoms with Crippen molar-refractivity contribution in [2.24, 2.45) is 0 Å². The van der Waals surface area contributed by atoms with Crippen molar-refractivity contribution in [1.82, 2.24) is 4.90 Å². The number of hydrogen-bond donors (Lipinski definition) is 1. The number of carboxylic acid groups (broad SMARTS) is 1. The number of rotatable bonds is 6. The smallest absolute Gasteiger partial charge is 0.325 e. The third kappa shape index (κ3) is 3.98. The molecule has 0 bridgehead atoms. The number of urea groups is 1. The first-order valence-electron chi connectivity index (χ1n) is 6.86. The largest absolute Gasteiger partial charge is 0.480 e. The fourth-order valence-corrected chi connectivity index (χ4v) is 1.97. The molecule has 5 heteroatoms. The van der Waals surface area contributed by atoms with Gasteiger partial charge in [0.15, 0.2) is 0 Å². The van der Waals surface area contributed by atoms with E-state index in [9.17, 15) is 9.59 Å². The van der Waals surface area contributed by atoms with E-state index in [0.717, 1.165) is 5.69 Å². The minimum atomic E-state index is -0.997. The van der Waals surface area contributed by atoms with Crippen LogP contribution in [0.1, 0.15) is 27.2 Å². The van der Waals surface area contributed by atoms with Crippen molar-refractivity contribution >= 4 is 17.7 Å². The van der Waals surface area contributed by atoms with Gasteiger partial charge in [-0.25, -0.2) is 4.79 Å². The molecule has 1 aromatic rings. The molecule has 20 heavy (non-hydrogen) atoms. The monoisotopic (exact) mass is 278 g/mol. The minimum absolute atomic E-state index is 0.114. The van der Waals surface area contributed by atoms with Crippen molar-refractivity contribution in [3.05, 3.63) is 30.3 Å². The molecule has 5 nitrogen and oxygen atoms in total. The lowest BCUT2D eigenvalue weighted by molar-refractivity contribution is -0.138. The fraction of sp³-hybridized carbons (Fsp3) is 0.467. The van der Waals surface area contributed by atoms with Crippen LogP contribution >= 0.6 is 0 Å². The Balaban J connectivity index is 2.99. The molecule has 0 spiro atoms. The Kier molecular flexibility index (Phi) is 6.03. The van der Waals surface area contributed by atoms with Gasteiger partial charge in [-0.2, -0.15) is 0 Å². The Hall–Kier alpha value is -2.04. The Morgan fingerprint density at radius 2 is 1.80 bits per heavy atom. The predicted octanol–water partition coefficient (Wildman–Crippen LogP) is 2.82. The summed E-state index contributed by atoms with van der Waals surface area (Å²) in [5.41, 5.74) is 0.777. The molecule has 0 heterocycles. The van der Waals surface area contributed by atoms with E-state index in [1.807, 2.05) is 51.1 Å². The van der Waals surface area contributed by atoms with E-state index in [1.54, 1.807) is 4.90 Å². The molecule has 1 unspecified atom stereocenters. The summed E-state index contributed by atoms with van der Waals surface area (Å²) in [6.45, 7) is 5.89. The highest BCUT2D eigenvalue weighted by Crippen LogP contribution is 2.17. The highest BCUT2D eigenvalue weighted by atomic mass is 16.4. The lowest BCUT2D eigenvalue weighted by Crippen LogP contribution is -2.49. The van der Waals surface area contributed by atoms with E-state index in [0.29, 0.717) is 13.0 Å². The zero-order valence-electron chi connectivity index (χ0n) is 12.2. The topological polar surface area (TPSA) is 60.9 Å². The Morgan fingerprint density at radius 1 is 1.20 bits per heavy atom. The number of amides is 2. The van der Waals surface area contributed by atoms with E-state index < -0.39 is 5.97 Å². The number of carbonyl (C=O) groups is 2. The lowest BCUT2D eigenvalue weighted by Gasteiger charge is -2.32. The van der Waals surface area contributed by atoms with E-state index >= 15 is 0 Å². The van der Waals surface area contributed by atoms with Crippen molar-refractivity contribution in [3.8, 4) is 0 Å². The molecule has 1 rings (SSSR count). The van der Waals surface area contributed by atoms with Gasteiger partial charge in [0.1, 0.15) is 6.54 Å². The summed E-state index contributed by atoms with van der Waals surface area (Å²) in [6, 6.07) is 8.90. The second-order valence-electron chi connectivity index (χ2n) is 4.64. The maximum atomic E-state index is 12.6. The number of aliphatic carboxylic acids is 1. The number of para-hydroxylation sites is 1. The summed E-state index contributed by atoms with van der Waals surface area (Å²) in [5.74, 6) is -0.997. The van der Waals surface area contributed by atoms with Gasteiger partial charge < -0.3 is 10.0 Å². The molecule has 0 aliphatic heterocycles. The second-order valence-corrected chi connectivity index (χ2v) is 4.64. The fourth-order valence-electron chi connectivity index (χ4n) is 1.97. The third-order valence-electron chi connectivity index (χ3n) is 3.29. The maximum Gasteiger partial charge on any atom is 0.325 e. The van der Waals surface area contributed by atoms with Crippen LogP contribution in [-0.2, 0) is 4.79 Å². The van der Waals surface area contributed by atoms with Crippen LogP contribution in [0.15, 0.2) is 30.3 Å². The summed E-state index contributed by atoms with van der Waals surface area (Å²) >= 11 is 0. The Bertz CT molecular complexity index is 448. The molecule has 1 atom stereocenters. The van der Waals surface area contributed by atoms with Gasteiger partial charge in [0, 0.05) is 18.3 Å². The maximum absolute atomic E-state index is 12.6. The number of hydrogen-bond acceptors (Lipinski definition) is 2. The molecule has 110 valence electrons. The molecule has 0 radical (unpaired) electrons. The SMILES string of the molecule is CCC(C)N(CC(=O)O)C(=O)N(CC)c1ccccc1. The van der Waals surface area contributed by atoms with Gasteiger partial charge in [-0.05, 0) is 32.4 Å². The predicted molar refractivity (Wildman–Crippen MR) is 79.0 cm³/mol. The summed E-state index contributed by atoms with van der Waals surface area (Å²) < 4.78 is 0. The third-order valence-corrected chi connectivity index (χ3v) is 3.29. The van der Waals surface area contributed by atoms with Gasteiger partial charge in [0.2, 0.25) is 0 Å². The summed E-state index contributed by atoms with van der Waals surface area (Å²) in [7, 11) is 0. The number of nitrogens with zero attached hydrogens (tertiary/aromatic N) is 2. The van der Waals surface area contributed by atoms with Crippen molar-refractivity contribution in [3.63, 3.8) is 0 Å².